The molecule has 0 fully saturated rings. The molecule has 4 aromatic rings. The summed E-state index contributed by atoms with van der Waals surface area (Å²) < 4.78 is 36.7. The van der Waals surface area contributed by atoms with Gasteiger partial charge in [0, 0.05) is 11.4 Å². The van der Waals surface area contributed by atoms with Gasteiger partial charge in [-0.05, 0) is 36.4 Å². The van der Waals surface area contributed by atoms with E-state index in [4.69, 9.17) is 5.73 Å². The predicted molar refractivity (Wildman–Crippen MR) is 111 cm³/mol. The van der Waals surface area contributed by atoms with E-state index in [1.165, 1.54) is 23.0 Å². The van der Waals surface area contributed by atoms with Crippen molar-refractivity contribution >= 4 is 44.7 Å². The first kappa shape index (κ1) is 20.0. The zero-order valence-electron chi connectivity index (χ0n) is 15.5. The highest BCUT2D eigenvalue weighted by atomic mass is 32.3. The highest BCUT2D eigenvalue weighted by Gasteiger charge is 2.14. The Morgan fingerprint density at radius 3 is 2.48 bits per heavy atom. The second-order valence-corrected chi connectivity index (χ2v) is 7.68. The van der Waals surface area contributed by atoms with Crippen LogP contribution in [-0.2, 0) is 10.2 Å². The highest BCUT2D eigenvalue weighted by molar-refractivity contribution is 7.86. The summed E-state index contributed by atoms with van der Waals surface area (Å²) in [6, 6.07) is 10.7. The van der Waals surface area contributed by atoms with Gasteiger partial charge in [-0.2, -0.15) is 13.4 Å². The van der Waals surface area contributed by atoms with Crippen molar-refractivity contribution in [1.82, 2.24) is 19.5 Å². The quantitative estimate of drug-likeness (QED) is 0.350. The molecule has 0 saturated heterocycles. The number of anilines is 3. The summed E-state index contributed by atoms with van der Waals surface area (Å²) in [6.07, 6.45) is 1.40. The zero-order chi connectivity index (χ0) is 22.2. The van der Waals surface area contributed by atoms with Gasteiger partial charge in [-0.3, -0.25) is 14.3 Å². The average molecular weight is 443 g/mol. The van der Waals surface area contributed by atoms with Gasteiger partial charge < -0.3 is 16.4 Å². The minimum absolute atomic E-state index is 0.0644. The van der Waals surface area contributed by atoms with Gasteiger partial charge in [0.2, 0.25) is 5.95 Å². The van der Waals surface area contributed by atoms with Crippen molar-refractivity contribution in [2.45, 2.75) is 4.90 Å². The molecule has 0 saturated carbocycles. The van der Waals surface area contributed by atoms with E-state index in [1.807, 2.05) is 0 Å². The Morgan fingerprint density at radius 2 is 1.77 bits per heavy atom. The number of amides is 2. The van der Waals surface area contributed by atoms with Crippen LogP contribution in [0.2, 0.25) is 0 Å². The van der Waals surface area contributed by atoms with Crippen LogP contribution in [0.3, 0.4) is 0 Å². The lowest BCUT2D eigenvalue weighted by Crippen LogP contribution is -2.19. The second-order valence-electron chi connectivity index (χ2n) is 6.33. The van der Waals surface area contributed by atoms with E-state index in [2.05, 4.69) is 25.6 Å². The Labute approximate surface area is 174 Å². The van der Waals surface area contributed by atoms with Crippen LogP contribution in [-0.4, -0.2) is 34.0 Å². The van der Waals surface area contributed by atoms with Crippen LogP contribution < -0.4 is 21.9 Å². The molecule has 31 heavy (non-hydrogen) atoms. The van der Waals surface area contributed by atoms with E-state index in [1.54, 1.807) is 24.3 Å². The molecule has 0 unspecified atom stereocenters. The second kappa shape index (κ2) is 7.53. The first-order valence-electron chi connectivity index (χ1n) is 8.67. The number of nitrogen functional groups attached to an aromatic ring is 1. The van der Waals surface area contributed by atoms with Crippen molar-refractivity contribution in [3.05, 3.63) is 65.2 Å². The maximum atomic E-state index is 13.1. The van der Waals surface area contributed by atoms with Crippen LogP contribution in [0.4, 0.5) is 26.0 Å². The smallest absolute Gasteiger partial charge is 0.332 e. The Kier molecular flexibility index (Phi) is 4.87. The molecule has 2 heterocycles. The number of nitrogens with zero attached hydrogens (tertiary/aromatic N) is 3. The number of hydrogen-bond donors (Lipinski definition) is 4. The van der Waals surface area contributed by atoms with E-state index in [0.717, 1.165) is 12.1 Å². The first-order chi connectivity index (χ1) is 14.7. The highest BCUT2D eigenvalue weighted by Crippen LogP contribution is 2.20. The number of nitrogens with two attached hydrogens (primary N) is 1. The number of hydrogen-bond acceptors (Lipinski definition) is 7. The molecule has 0 spiro atoms. The third-order valence-corrected chi connectivity index (χ3v) is 5.00. The molecule has 0 atom stereocenters. The van der Waals surface area contributed by atoms with Gasteiger partial charge in [-0.25, -0.2) is 9.78 Å². The van der Waals surface area contributed by atoms with Gasteiger partial charge in [0.05, 0.1) is 5.69 Å². The zero-order valence-corrected chi connectivity index (χ0v) is 16.4. The Morgan fingerprint density at radius 1 is 1.10 bits per heavy atom. The molecule has 11 nitrogen and oxygen atoms in total. The van der Waals surface area contributed by atoms with Crippen LogP contribution in [0.1, 0.15) is 0 Å². The minimum atomic E-state index is -4.89. The normalized spacial score (nSPS) is 11.4. The fraction of sp³-hybridized carbons (Fsp3) is 0. The molecule has 0 bridgehead atoms. The molecule has 0 aliphatic rings. The van der Waals surface area contributed by atoms with E-state index < -0.39 is 26.7 Å². The van der Waals surface area contributed by atoms with Crippen molar-refractivity contribution in [2.75, 3.05) is 16.4 Å². The number of rotatable bonds is 4. The number of aromatic nitrogens is 4. The Balaban J connectivity index is 1.57. The van der Waals surface area contributed by atoms with Gasteiger partial charge in [0.15, 0.2) is 11.2 Å². The summed E-state index contributed by atoms with van der Waals surface area (Å²) in [6.45, 7) is 0. The standard InChI is InChI=1S/C18H14FN7O4S/c19-31(29,30)13-6-2-4-11(8-13)23-18(28)22-10-3-1-5-12(7-10)26-9-21-14-15(26)24-17(20)25-16(14)27/h1-9H,(H2,22,23,28)(H3,20,24,25,27). The number of imidazole rings is 1. The summed E-state index contributed by atoms with van der Waals surface area (Å²) in [5.41, 5.74) is 6.48. The number of fused-ring (bicyclic) bond motifs is 1. The molecular weight excluding hydrogens is 429 g/mol. The predicted octanol–water partition coefficient (Wildman–Crippen LogP) is 1.99. The van der Waals surface area contributed by atoms with Crippen LogP contribution in [0, 0.1) is 0 Å². The summed E-state index contributed by atoms with van der Waals surface area (Å²) in [7, 11) is -4.89. The molecule has 0 aliphatic carbocycles. The number of carbonyl (C=O) groups is 1. The van der Waals surface area contributed by atoms with Crippen molar-refractivity contribution in [3.8, 4) is 5.69 Å². The van der Waals surface area contributed by atoms with Gasteiger partial charge in [-0.1, -0.05) is 12.1 Å². The van der Waals surface area contributed by atoms with Gasteiger partial charge in [0.1, 0.15) is 11.2 Å². The molecule has 158 valence electrons. The Bertz CT molecular complexity index is 1480. The molecule has 0 aliphatic heterocycles. The maximum absolute atomic E-state index is 13.1. The average Bonchev–Trinajstić information content (AvgIpc) is 3.12. The number of H-pyrrole nitrogens is 1. The molecule has 5 N–H and O–H groups in total. The molecule has 0 radical (unpaired) electrons. The number of urea groups is 1. The van der Waals surface area contributed by atoms with Crippen LogP contribution >= 0.6 is 0 Å². The maximum Gasteiger partial charge on any atom is 0.332 e. The number of carbonyl (C=O) groups excluding carboxylic acids is 1. The number of benzene rings is 2. The van der Waals surface area contributed by atoms with Crippen LogP contribution in [0.15, 0.2) is 64.5 Å². The molecular formula is C18H14FN7O4S. The molecule has 2 aromatic heterocycles. The summed E-state index contributed by atoms with van der Waals surface area (Å²) >= 11 is 0. The molecule has 2 aromatic carbocycles. The lowest BCUT2D eigenvalue weighted by Gasteiger charge is -2.10. The summed E-state index contributed by atoms with van der Waals surface area (Å²) in [5, 5.41) is 5.01. The van der Waals surface area contributed by atoms with Crippen LogP contribution in [0.5, 0.6) is 0 Å². The monoisotopic (exact) mass is 443 g/mol. The number of aromatic amines is 1. The van der Waals surface area contributed by atoms with Crippen LogP contribution in [0.25, 0.3) is 16.9 Å². The lowest BCUT2D eigenvalue weighted by molar-refractivity contribution is 0.262. The molecule has 13 heteroatoms. The largest absolute Gasteiger partial charge is 0.369 e. The number of halogens is 1. The summed E-state index contributed by atoms with van der Waals surface area (Å²) in [5.74, 6) is -0.0644. The third kappa shape index (κ3) is 4.20. The van der Waals surface area contributed by atoms with Crippen molar-refractivity contribution in [3.63, 3.8) is 0 Å². The van der Waals surface area contributed by atoms with Gasteiger partial charge >= 0.3 is 16.3 Å². The fourth-order valence-corrected chi connectivity index (χ4v) is 3.38. The third-order valence-electron chi connectivity index (χ3n) is 4.18. The topological polar surface area (TPSA) is 165 Å². The van der Waals surface area contributed by atoms with Crippen molar-refractivity contribution < 1.29 is 17.1 Å². The minimum Gasteiger partial charge on any atom is -0.369 e. The first-order valence-corrected chi connectivity index (χ1v) is 10.0. The summed E-state index contributed by atoms with van der Waals surface area (Å²) in [4.78, 5) is 34.1. The lowest BCUT2D eigenvalue weighted by atomic mass is 10.2. The van der Waals surface area contributed by atoms with Gasteiger partial charge in [-0.15, -0.1) is 3.89 Å². The van der Waals surface area contributed by atoms with Gasteiger partial charge in [0.25, 0.3) is 5.56 Å². The number of nitrogens with one attached hydrogen (secondary N) is 3. The van der Waals surface area contributed by atoms with Crippen molar-refractivity contribution in [1.29, 1.82) is 0 Å². The van der Waals surface area contributed by atoms with E-state index in [-0.39, 0.29) is 22.8 Å². The van der Waals surface area contributed by atoms with E-state index in [0.29, 0.717) is 11.4 Å². The molecule has 4 rings (SSSR count). The van der Waals surface area contributed by atoms with Crippen molar-refractivity contribution in [2.24, 2.45) is 0 Å². The SMILES string of the molecule is Nc1nc2c(ncn2-c2cccc(NC(=O)Nc3cccc(S(=O)(=O)F)c3)c2)c(=O)[nH]1. The van der Waals surface area contributed by atoms with E-state index >= 15 is 0 Å². The molecule has 2 amide bonds. The Hall–Kier alpha value is -4.26. The fourth-order valence-electron chi connectivity index (χ4n) is 2.87. The van der Waals surface area contributed by atoms with E-state index in [9.17, 15) is 21.9 Å².